The molecule has 0 aliphatic carbocycles. The number of hydrogen-bond acceptors (Lipinski definition) is 3. The number of piperidine rings is 1. The highest BCUT2D eigenvalue weighted by atomic mass is 16.4. The van der Waals surface area contributed by atoms with E-state index in [1.165, 1.54) is 0 Å². The van der Waals surface area contributed by atoms with Crippen LogP contribution in [0, 0.1) is 5.92 Å². The molecule has 1 aromatic rings. The first-order chi connectivity index (χ1) is 8.61. The van der Waals surface area contributed by atoms with Crippen molar-refractivity contribution in [2.75, 3.05) is 6.54 Å². The Balaban J connectivity index is 2.18. The molecule has 1 aliphatic rings. The summed E-state index contributed by atoms with van der Waals surface area (Å²) < 4.78 is 0. The van der Waals surface area contributed by atoms with Gasteiger partial charge in [0, 0.05) is 19.0 Å². The third-order valence-corrected chi connectivity index (χ3v) is 3.32. The topological polar surface area (TPSA) is 92.4 Å². The molecule has 1 saturated heterocycles. The van der Waals surface area contributed by atoms with Gasteiger partial charge in [-0.15, -0.1) is 0 Å². The fourth-order valence-corrected chi connectivity index (χ4v) is 2.26. The molecule has 0 aromatic heterocycles. The predicted octanol–water partition coefficient (Wildman–Crippen LogP) is 0.450. The highest BCUT2D eigenvalue weighted by Gasteiger charge is 2.34. The van der Waals surface area contributed by atoms with Crippen LogP contribution in [0.3, 0.4) is 0 Å². The van der Waals surface area contributed by atoms with E-state index in [2.05, 4.69) is 5.32 Å². The van der Waals surface area contributed by atoms with Crippen LogP contribution in [0.25, 0.3) is 0 Å². The van der Waals surface area contributed by atoms with Crippen molar-refractivity contribution in [1.29, 1.82) is 0 Å². The molecule has 1 aromatic carbocycles. The minimum Gasteiger partial charge on any atom is -0.481 e. The minimum atomic E-state index is -1.06. The molecule has 5 heteroatoms. The van der Waals surface area contributed by atoms with Crippen LogP contribution in [0.2, 0.25) is 0 Å². The van der Waals surface area contributed by atoms with Gasteiger partial charge in [-0.05, 0) is 17.5 Å². The maximum atomic E-state index is 11.4. The standard InChI is InChI=1S/C13H16N2O3/c14-6-8-2-1-3-9(4-8)10-5-11(13(17)18)12(16)15-7-10/h1-4,10-11H,5-7,14H2,(H,15,16)(H,17,18)/t10-,11+/m1/s1. The van der Waals surface area contributed by atoms with E-state index in [-0.39, 0.29) is 5.92 Å². The monoisotopic (exact) mass is 248 g/mol. The van der Waals surface area contributed by atoms with Crippen LogP contribution < -0.4 is 11.1 Å². The summed E-state index contributed by atoms with van der Waals surface area (Å²) in [6, 6.07) is 7.75. The molecule has 0 unspecified atom stereocenters. The van der Waals surface area contributed by atoms with Gasteiger partial charge in [-0.2, -0.15) is 0 Å². The molecule has 2 rings (SSSR count). The number of carboxylic acids is 1. The molecule has 18 heavy (non-hydrogen) atoms. The van der Waals surface area contributed by atoms with Gasteiger partial charge in [-0.1, -0.05) is 24.3 Å². The number of amides is 1. The Morgan fingerprint density at radius 2 is 2.28 bits per heavy atom. The first-order valence-corrected chi connectivity index (χ1v) is 5.91. The predicted molar refractivity (Wildman–Crippen MR) is 65.8 cm³/mol. The van der Waals surface area contributed by atoms with Crippen LogP contribution >= 0.6 is 0 Å². The summed E-state index contributed by atoms with van der Waals surface area (Å²) in [6.45, 7) is 0.936. The molecule has 1 amide bonds. The Morgan fingerprint density at radius 1 is 1.50 bits per heavy atom. The third-order valence-electron chi connectivity index (χ3n) is 3.32. The molecule has 1 aliphatic heterocycles. The zero-order chi connectivity index (χ0) is 13.1. The number of carboxylic acid groups (broad SMARTS) is 1. The van der Waals surface area contributed by atoms with Gasteiger partial charge in [-0.3, -0.25) is 9.59 Å². The zero-order valence-electron chi connectivity index (χ0n) is 9.93. The van der Waals surface area contributed by atoms with E-state index < -0.39 is 17.8 Å². The summed E-state index contributed by atoms with van der Waals surface area (Å²) in [5, 5.41) is 11.6. The van der Waals surface area contributed by atoms with Gasteiger partial charge in [-0.25, -0.2) is 0 Å². The second-order valence-corrected chi connectivity index (χ2v) is 4.52. The fraction of sp³-hybridized carbons (Fsp3) is 0.385. The van der Waals surface area contributed by atoms with Crippen LogP contribution in [-0.4, -0.2) is 23.5 Å². The van der Waals surface area contributed by atoms with Crippen molar-refractivity contribution in [3.05, 3.63) is 35.4 Å². The van der Waals surface area contributed by atoms with Crippen LogP contribution in [0.5, 0.6) is 0 Å². The van der Waals surface area contributed by atoms with Gasteiger partial charge in [0.25, 0.3) is 0 Å². The molecular weight excluding hydrogens is 232 g/mol. The molecule has 0 saturated carbocycles. The molecule has 2 atom stereocenters. The fourth-order valence-electron chi connectivity index (χ4n) is 2.26. The number of aliphatic carboxylic acids is 1. The number of carbonyl (C=O) groups excluding carboxylic acids is 1. The SMILES string of the molecule is NCc1cccc([C@H]2CNC(=O)[C@@H](C(=O)O)C2)c1. The lowest BCUT2D eigenvalue weighted by atomic mass is 9.84. The van der Waals surface area contributed by atoms with E-state index in [9.17, 15) is 9.59 Å². The summed E-state index contributed by atoms with van der Waals surface area (Å²) >= 11 is 0. The Bertz CT molecular complexity index is 473. The molecule has 0 spiro atoms. The number of hydrogen-bond donors (Lipinski definition) is 3. The van der Waals surface area contributed by atoms with Gasteiger partial charge in [0.2, 0.25) is 5.91 Å². The first-order valence-electron chi connectivity index (χ1n) is 5.91. The molecular formula is C13H16N2O3. The molecule has 1 fully saturated rings. The van der Waals surface area contributed by atoms with Crippen molar-refractivity contribution in [3.63, 3.8) is 0 Å². The average molecular weight is 248 g/mol. The van der Waals surface area contributed by atoms with Gasteiger partial charge in [0.1, 0.15) is 5.92 Å². The van der Waals surface area contributed by atoms with Crippen molar-refractivity contribution >= 4 is 11.9 Å². The Kier molecular flexibility index (Phi) is 3.62. The Morgan fingerprint density at radius 3 is 2.94 bits per heavy atom. The summed E-state index contributed by atoms with van der Waals surface area (Å²) in [5.74, 6) is -2.37. The van der Waals surface area contributed by atoms with Crippen molar-refractivity contribution in [2.24, 2.45) is 11.7 Å². The van der Waals surface area contributed by atoms with E-state index in [0.717, 1.165) is 11.1 Å². The summed E-state index contributed by atoms with van der Waals surface area (Å²) in [6.07, 6.45) is 0.342. The summed E-state index contributed by atoms with van der Waals surface area (Å²) in [4.78, 5) is 22.4. The van der Waals surface area contributed by atoms with E-state index in [1.54, 1.807) is 0 Å². The van der Waals surface area contributed by atoms with Crippen molar-refractivity contribution in [1.82, 2.24) is 5.32 Å². The Labute approximate surface area is 105 Å². The molecule has 0 radical (unpaired) electrons. The number of carbonyl (C=O) groups is 2. The third kappa shape index (κ3) is 2.51. The largest absolute Gasteiger partial charge is 0.481 e. The van der Waals surface area contributed by atoms with Crippen LogP contribution in [0.4, 0.5) is 0 Å². The normalized spacial score (nSPS) is 23.5. The van der Waals surface area contributed by atoms with Gasteiger partial charge in [0.15, 0.2) is 0 Å². The lowest BCUT2D eigenvalue weighted by Gasteiger charge is -2.27. The number of nitrogens with one attached hydrogen (secondary N) is 1. The van der Waals surface area contributed by atoms with Crippen LogP contribution in [-0.2, 0) is 16.1 Å². The highest BCUT2D eigenvalue weighted by Crippen LogP contribution is 2.27. The first kappa shape index (κ1) is 12.6. The molecule has 96 valence electrons. The smallest absolute Gasteiger partial charge is 0.316 e. The second kappa shape index (κ2) is 5.18. The average Bonchev–Trinajstić information content (AvgIpc) is 2.39. The maximum Gasteiger partial charge on any atom is 0.316 e. The molecule has 4 N–H and O–H groups in total. The van der Waals surface area contributed by atoms with Crippen molar-refractivity contribution < 1.29 is 14.7 Å². The highest BCUT2D eigenvalue weighted by molar-refractivity contribution is 5.97. The lowest BCUT2D eigenvalue weighted by molar-refractivity contribution is -0.148. The number of nitrogens with two attached hydrogens (primary N) is 1. The van der Waals surface area contributed by atoms with E-state index >= 15 is 0 Å². The lowest BCUT2D eigenvalue weighted by Crippen LogP contribution is -2.43. The van der Waals surface area contributed by atoms with Crippen LogP contribution in [0.15, 0.2) is 24.3 Å². The molecule has 1 heterocycles. The second-order valence-electron chi connectivity index (χ2n) is 4.52. The number of rotatable bonds is 3. The molecule has 0 bridgehead atoms. The van der Waals surface area contributed by atoms with E-state index in [4.69, 9.17) is 10.8 Å². The van der Waals surface area contributed by atoms with Crippen molar-refractivity contribution in [2.45, 2.75) is 18.9 Å². The molecule has 5 nitrogen and oxygen atoms in total. The van der Waals surface area contributed by atoms with Gasteiger partial charge >= 0.3 is 5.97 Å². The van der Waals surface area contributed by atoms with Crippen LogP contribution in [0.1, 0.15) is 23.5 Å². The van der Waals surface area contributed by atoms with Gasteiger partial charge < -0.3 is 16.2 Å². The maximum absolute atomic E-state index is 11.4. The van der Waals surface area contributed by atoms with Gasteiger partial charge in [0.05, 0.1) is 0 Å². The summed E-state index contributed by atoms with van der Waals surface area (Å²) in [5.41, 5.74) is 7.62. The quantitative estimate of drug-likeness (QED) is 0.677. The minimum absolute atomic E-state index is 0.0373. The van der Waals surface area contributed by atoms with Crippen molar-refractivity contribution in [3.8, 4) is 0 Å². The summed E-state index contributed by atoms with van der Waals surface area (Å²) in [7, 11) is 0. The van der Waals surface area contributed by atoms with E-state index in [1.807, 2.05) is 24.3 Å². The number of benzene rings is 1. The van der Waals surface area contributed by atoms with E-state index in [0.29, 0.717) is 19.5 Å². The zero-order valence-corrected chi connectivity index (χ0v) is 9.93. The Hall–Kier alpha value is -1.88.